The van der Waals surface area contributed by atoms with Crippen molar-refractivity contribution in [2.45, 2.75) is 19.8 Å². The van der Waals surface area contributed by atoms with Crippen LogP contribution in [-0.4, -0.2) is 56.3 Å². The fourth-order valence-electron chi connectivity index (χ4n) is 5.64. The fraction of sp³-hybridized carbons (Fsp3) is 0.219. The van der Waals surface area contributed by atoms with Crippen molar-refractivity contribution in [3.63, 3.8) is 0 Å². The van der Waals surface area contributed by atoms with Gasteiger partial charge in [-0.2, -0.15) is 5.10 Å². The van der Waals surface area contributed by atoms with Crippen LogP contribution in [0.2, 0.25) is 0 Å². The number of halogens is 1. The Hall–Kier alpha value is -4.56. The molecule has 7 rings (SSSR count). The molecule has 0 amide bonds. The maximum absolute atomic E-state index is 14.7. The van der Waals surface area contributed by atoms with Crippen molar-refractivity contribution < 1.29 is 9.13 Å². The average molecular weight is 533 g/mol. The summed E-state index contributed by atoms with van der Waals surface area (Å²) in [6.07, 6.45) is 7.90. The van der Waals surface area contributed by atoms with Gasteiger partial charge in [-0.1, -0.05) is 12.1 Å². The third-order valence-electron chi connectivity index (χ3n) is 7.74. The molecule has 0 bridgehead atoms. The molecule has 2 N–H and O–H groups in total. The molecule has 40 heavy (non-hydrogen) atoms. The number of fused-ring (bicyclic) bond motifs is 2. The Kier molecular flexibility index (Phi) is 6.24. The number of aryl methyl sites for hydroxylation is 1. The lowest BCUT2D eigenvalue weighted by atomic mass is 10.0. The van der Waals surface area contributed by atoms with Gasteiger partial charge in [-0.25, -0.2) is 4.39 Å². The Morgan fingerprint density at radius 1 is 0.950 bits per heavy atom. The number of pyridine rings is 2. The summed E-state index contributed by atoms with van der Waals surface area (Å²) in [5.74, 6) is 0.233. The first kappa shape index (κ1) is 24.5. The molecule has 2 aromatic carbocycles. The van der Waals surface area contributed by atoms with E-state index in [4.69, 9.17) is 4.74 Å². The lowest BCUT2D eigenvalue weighted by molar-refractivity contribution is 0.237. The summed E-state index contributed by atoms with van der Waals surface area (Å²) >= 11 is 0. The van der Waals surface area contributed by atoms with Gasteiger partial charge in [0.05, 0.1) is 23.1 Å². The summed E-state index contributed by atoms with van der Waals surface area (Å²) in [7, 11) is 0. The van der Waals surface area contributed by atoms with E-state index in [0.717, 1.165) is 80.8 Å². The first-order valence-corrected chi connectivity index (χ1v) is 13.7. The predicted octanol–water partition coefficient (Wildman–Crippen LogP) is 6.76. The van der Waals surface area contributed by atoms with E-state index in [1.807, 2.05) is 42.6 Å². The minimum Gasteiger partial charge on any atom is -0.492 e. The fourth-order valence-corrected chi connectivity index (χ4v) is 5.64. The molecule has 8 heteroatoms. The Balaban J connectivity index is 1.24. The van der Waals surface area contributed by atoms with Crippen LogP contribution < -0.4 is 4.74 Å². The second kappa shape index (κ2) is 10.2. The van der Waals surface area contributed by atoms with E-state index in [9.17, 15) is 4.39 Å². The minimum absolute atomic E-state index is 0.314. The molecule has 0 aliphatic carbocycles. The van der Waals surface area contributed by atoms with E-state index in [0.29, 0.717) is 12.4 Å². The predicted molar refractivity (Wildman–Crippen MR) is 156 cm³/mol. The highest BCUT2D eigenvalue weighted by atomic mass is 19.1. The molecule has 1 aliphatic rings. The van der Waals surface area contributed by atoms with E-state index < -0.39 is 0 Å². The van der Waals surface area contributed by atoms with Gasteiger partial charge in [-0.05, 0) is 85.9 Å². The molecule has 0 radical (unpaired) electrons. The number of ether oxygens (including phenoxy) is 1. The highest BCUT2D eigenvalue weighted by Gasteiger charge is 2.16. The van der Waals surface area contributed by atoms with E-state index in [1.165, 1.54) is 18.9 Å². The number of benzene rings is 2. The van der Waals surface area contributed by atoms with Gasteiger partial charge in [0.15, 0.2) is 0 Å². The maximum atomic E-state index is 14.7. The molecule has 6 aromatic rings. The second-order valence-electron chi connectivity index (χ2n) is 10.4. The summed E-state index contributed by atoms with van der Waals surface area (Å²) in [6, 6.07) is 17.1. The van der Waals surface area contributed by atoms with Crippen LogP contribution in [0.1, 0.15) is 18.4 Å². The van der Waals surface area contributed by atoms with Crippen LogP contribution in [-0.2, 0) is 0 Å². The van der Waals surface area contributed by atoms with Crippen molar-refractivity contribution in [3.05, 3.63) is 84.6 Å². The monoisotopic (exact) mass is 532 g/mol. The van der Waals surface area contributed by atoms with Crippen LogP contribution >= 0.6 is 0 Å². The van der Waals surface area contributed by atoms with Crippen molar-refractivity contribution >= 4 is 21.8 Å². The van der Waals surface area contributed by atoms with Crippen molar-refractivity contribution in [3.8, 4) is 39.5 Å². The normalized spacial score (nSPS) is 13.9. The van der Waals surface area contributed by atoms with Crippen LogP contribution in [0.4, 0.5) is 4.39 Å². The number of hydrogen-bond donors (Lipinski definition) is 2. The zero-order valence-electron chi connectivity index (χ0n) is 22.2. The lowest BCUT2D eigenvalue weighted by Crippen LogP contribution is -2.25. The topological polar surface area (TPSA) is 82.7 Å². The molecule has 5 heterocycles. The van der Waals surface area contributed by atoms with E-state index in [2.05, 4.69) is 43.0 Å². The molecule has 1 fully saturated rings. The van der Waals surface area contributed by atoms with Gasteiger partial charge < -0.3 is 9.72 Å². The number of aromatic amines is 2. The summed E-state index contributed by atoms with van der Waals surface area (Å²) in [5, 5.41) is 9.67. The SMILES string of the molecule is Cc1ccncc1-c1cc2c(-c3cc4c(-c5cc(F)cc(OCCN6CCCC6)c5)cccc4[nH]3)n[nH]c2cn1. The quantitative estimate of drug-likeness (QED) is 0.237. The molecule has 0 saturated carbocycles. The summed E-state index contributed by atoms with van der Waals surface area (Å²) in [4.78, 5) is 14.8. The second-order valence-corrected chi connectivity index (χ2v) is 10.4. The Morgan fingerprint density at radius 2 is 1.85 bits per heavy atom. The number of H-pyrrole nitrogens is 2. The summed E-state index contributed by atoms with van der Waals surface area (Å²) in [5.41, 5.74) is 8.10. The van der Waals surface area contributed by atoms with Crippen LogP contribution in [0.15, 0.2) is 73.2 Å². The molecular weight excluding hydrogens is 503 g/mol. The van der Waals surface area contributed by atoms with Gasteiger partial charge in [-0.3, -0.25) is 20.0 Å². The average Bonchev–Trinajstić information content (AvgIpc) is 3.72. The maximum Gasteiger partial charge on any atom is 0.127 e. The van der Waals surface area contributed by atoms with Crippen molar-refractivity contribution in [2.75, 3.05) is 26.2 Å². The molecule has 0 unspecified atom stereocenters. The first-order valence-electron chi connectivity index (χ1n) is 13.7. The van der Waals surface area contributed by atoms with Gasteiger partial charge in [0.1, 0.15) is 23.9 Å². The van der Waals surface area contributed by atoms with Crippen molar-refractivity contribution in [2.24, 2.45) is 0 Å². The van der Waals surface area contributed by atoms with Gasteiger partial charge >= 0.3 is 0 Å². The largest absolute Gasteiger partial charge is 0.492 e. The van der Waals surface area contributed by atoms with Crippen molar-refractivity contribution in [1.82, 2.24) is 30.0 Å². The standard InChI is InChI=1S/C32H29FN6O/c1-20-7-8-34-18-27(20)29-17-26-31(19-35-29)37-38-32(26)30-16-25-24(5-4-6-28(25)36-30)21-13-22(33)15-23(14-21)40-12-11-39-9-2-3-10-39/h4-8,13-19,36H,2-3,9-12H2,1H3,(H,37,38). The highest BCUT2D eigenvalue weighted by Crippen LogP contribution is 2.36. The van der Waals surface area contributed by atoms with Crippen LogP contribution in [0.5, 0.6) is 5.75 Å². The zero-order valence-corrected chi connectivity index (χ0v) is 22.2. The number of nitrogens with zero attached hydrogens (tertiary/aromatic N) is 4. The molecule has 200 valence electrons. The number of nitrogens with one attached hydrogen (secondary N) is 2. The van der Waals surface area contributed by atoms with Crippen LogP contribution in [0.25, 0.3) is 55.6 Å². The Morgan fingerprint density at radius 3 is 2.73 bits per heavy atom. The van der Waals surface area contributed by atoms with Gasteiger partial charge in [0.2, 0.25) is 0 Å². The molecule has 1 saturated heterocycles. The van der Waals surface area contributed by atoms with Crippen LogP contribution in [0.3, 0.4) is 0 Å². The molecule has 7 nitrogen and oxygen atoms in total. The third-order valence-corrected chi connectivity index (χ3v) is 7.74. The molecule has 1 aliphatic heterocycles. The number of hydrogen-bond acceptors (Lipinski definition) is 5. The van der Waals surface area contributed by atoms with Gasteiger partial charge in [0, 0.05) is 46.9 Å². The van der Waals surface area contributed by atoms with E-state index >= 15 is 0 Å². The minimum atomic E-state index is -0.314. The summed E-state index contributed by atoms with van der Waals surface area (Å²) in [6.45, 7) is 5.68. The van der Waals surface area contributed by atoms with Gasteiger partial charge in [-0.15, -0.1) is 0 Å². The smallest absolute Gasteiger partial charge is 0.127 e. The molecule has 0 spiro atoms. The molecular formula is C32H29FN6O. The van der Waals surface area contributed by atoms with Crippen molar-refractivity contribution in [1.29, 1.82) is 0 Å². The molecule has 4 aromatic heterocycles. The zero-order chi connectivity index (χ0) is 27.1. The highest BCUT2D eigenvalue weighted by molar-refractivity contribution is 6.01. The third kappa shape index (κ3) is 4.60. The Labute approximate surface area is 231 Å². The van der Waals surface area contributed by atoms with Crippen LogP contribution in [0, 0.1) is 12.7 Å². The number of aromatic nitrogens is 5. The van der Waals surface area contributed by atoms with Gasteiger partial charge in [0.25, 0.3) is 0 Å². The van der Waals surface area contributed by atoms with E-state index in [1.54, 1.807) is 18.5 Å². The number of likely N-dealkylation sites (tertiary alicyclic amines) is 1. The Bertz CT molecular complexity index is 1830. The molecule has 0 atom stereocenters. The first-order chi connectivity index (χ1) is 19.6. The summed E-state index contributed by atoms with van der Waals surface area (Å²) < 4.78 is 20.7. The lowest BCUT2D eigenvalue weighted by Gasteiger charge is -2.15. The number of rotatable bonds is 7. The van der Waals surface area contributed by atoms with E-state index in [-0.39, 0.29) is 5.82 Å².